The van der Waals surface area contributed by atoms with E-state index in [1.807, 2.05) is 30.8 Å². The molecular formula is C62H64FN3O2S2. The van der Waals surface area contributed by atoms with Gasteiger partial charge in [0, 0.05) is 55.2 Å². The van der Waals surface area contributed by atoms with E-state index in [1.165, 1.54) is 43.5 Å². The molecule has 2 atom stereocenters. The second-order valence-corrected chi connectivity index (χ2v) is 23.0. The van der Waals surface area contributed by atoms with Crippen molar-refractivity contribution in [1.82, 2.24) is 15.1 Å². The highest BCUT2D eigenvalue weighted by molar-refractivity contribution is 8.33. The van der Waals surface area contributed by atoms with Crippen LogP contribution in [0, 0.1) is 5.82 Å². The molecule has 0 spiro atoms. The lowest BCUT2D eigenvalue weighted by Crippen LogP contribution is -2.45. The first kappa shape index (κ1) is 49.0. The maximum absolute atomic E-state index is 14.4. The number of halogens is 1. The summed E-state index contributed by atoms with van der Waals surface area (Å²) in [6.07, 6.45) is 4.05. The molecule has 0 aromatic heterocycles. The molecule has 7 aromatic rings. The van der Waals surface area contributed by atoms with Gasteiger partial charge in [0.05, 0.1) is 11.3 Å². The van der Waals surface area contributed by atoms with Crippen LogP contribution in [0.5, 0.6) is 0 Å². The second-order valence-electron chi connectivity index (χ2n) is 18.4. The molecule has 9 rings (SSSR count). The monoisotopic (exact) mass is 965 g/mol. The Morgan fingerprint density at radius 1 is 0.657 bits per heavy atom. The molecule has 358 valence electrons. The predicted molar refractivity (Wildman–Crippen MR) is 289 cm³/mol. The van der Waals surface area contributed by atoms with Crippen molar-refractivity contribution in [2.45, 2.75) is 70.5 Å². The van der Waals surface area contributed by atoms with Crippen molar-refractivity contribution < 1.29 is 14.0 Å². The average molecular weight is 966 g/mol. The van der Waals surface area contributed by atoms with Crippen molar-refractivity contribution in [1.29, 1.82) is 0 Å². The summed E-state index contributed by atoms with van der Waals surface area (Å²) in [6.45, 7) is 5.02. The molecular weight excluding hydrogens is 902 g/mol. The number of rotatable bonds is 22. The van der Waals surface area contributed by atoms with Gasteiger partial charge in [0.2, 0.25) is 5.91 Å². The normalized spacial score (nSPS) is 16.3. The van der Waals surface area contributed by atoms with Crippen LogP contribution in [0.1, 0.15) is 61.3 Å². The van der Waals surface area contributed by atoms with Crippen molar-refractivity contribution in [2.75, 3.05) is 44.2 Å². The summed E-state index contributed by atoms with van der Waals surface area (Å²) < 4.78 is 13.6. The van der Waals surface area contributed by atoms with Crippen LogP contribution >= 0.6 is 21.8 Å². The summed E-state index contributed by atoms with van der Waals surface area (Å²) in [5.41, 5.74) is 6.56. The minimum Gasteiger partial charge on any atom is -0.354 e. The molecule has 1 saturated heterocycles. The number of hydrogen-bond acceptors (Lipinski definition) is 5. The summed E-state index contributed by atoms with van der Waals surface area (Å²) in [5.74, 6) is 1.48. The van der Waals surface area contributed by atoms with Crippen molar-refractivity contribution >= 4 is 39.1 Å². The molecule has 2 unspecified atom stereocenters. The third-order valence-corrected chi connectivity index (χ3v) is 19.8. The molecule has 0 radical (unpaired) electrons. The molecule has 70 heavy (non-hydrogen) atoms. The summed E-state index contributed by atoms with van der Waals surface area (Å²) >= 11 is 1.86. The maximum Gasteiger partial charge on any atom is 0.234 e. The molecule has 8 heteroatoms. The molecule has 7 aromatic carbocycles. The van der Waals surface area contributed by atoms with Crippen molar-refractivity contribution in [3.63, 3.8) is 0 Å². The molecule has 1 N–H and O–H groups in total. The van der Waals surface area contributed by atoms with E-state index in [-0.39, 0.29) is 30.1 Å². The number of nitrogens with one attached hydrogen (secondary N) is 1. The van der Waals surface area contributed by atoms with E-state index in [4.69, 9.17) is 0 Å². The number of ketones is 1. The zero-order chi connectivity index (χ0) is 48.2. The van der Waals surface area contributed by atoms with E-state index in [1.54, 1.807) is 0 Å². The van der Waals surface area contributed by atoms with Crippen LogP contribution in [0.25, 0.3) is 5.57 Å². The molecule has 2 bridgehead atoms. The first-order chi connectivity index (χ1) is 34.4. The summed E-state index contributed by atoms with van der Waals surface area (Å²) in [4.78, 5) is 37.0. The zero-order valence-electron chi connectivity index (χ0n) is 40.2. The summed E-state index contributed by atoms with van der Waals surface area (Å²) in [7, 11) is -1.74. The van der Waals surface area contributed by atoms with E-state index >= 15 is 0 Å². The topological polar surface area (TPSA) is 52.7 Å². The van der Waals surface area contributed by atoms with Gasteiger partial charge in [-0.2, -0.15) is 10.0 Å². The Kier molecular flexibility index (Phi) is 16.3. The minimum absolute atomic E-state index is 0.0193. The fourth-order valence-electron chi connectivity index (χ4n) is 11.0. The smallest absolute Gasteiger partial charge is 0.234 e. The molecule has 5 nitrogen and oxygen atoms in total. The van der Waals surface area contributed by atoms with Gasteiger partial charge < -0.3 is 5.32 Å². The van der Waals surface area contributed by atoms with Crippen LogP contribution in [0.2, 0.25) is 0 Å². The first-order valence-corrected chi connectivity index (χ1v) is 27.7. The van der Waals surface area contributed by atoms with Crippen molar-refractivity contribution in [2.24, 2.45) is 0 Å². The van der Waals surface area contributed by atoms with E-state index in [2.05, 4.69) is 197 Å². The number of carbonyl (C=O) groups excluding carboxylic acids is 2. The molecule has 2 aliphatic heterocycles. The number of Topliss-reactive ketones (excluding diaryl/α,β-unsaturated/α-hetero) is 1. The molecule has 1 fully saturated rings. The Labute approximate surface area is 420 Å². The van der Waals surface area contributed by atoms with Gasteiger partial charge in [0.25, 0.3) is 0 Å². The number of benzene rings is 7. The Hall–Kier alpha value is -6.03. The van der Waals surface area contributed by atoms with E-state index in [0.717, 1.165) is 67.8 Å². The van der Waals surface area contributed by atoms with Gasteiger partial charge in [-0.1, -0.05) is 165 Å². The van der Waals surface area contributed by atoms with Crippen molar-refractivity contribution in [3.05, 3.63) is 240 Å². The zero-order valence-corrected chi connectivity index (χ0v) is 41.8. The van der Waals surface area contributed by atoms with Crippen LogP contribution in [0.4, 0.5) is 4.39 Å². The van der Waals surface area contributed by atoms with Gasteiger partial charge in [-0.3, -0.25) is 19.4 Å². The van der Waals surface area contributed by atoms with Gasteiger partial charge >= 0.3 is 0 Å². The Morgan fingerprint density at radius 3 is 1.63 bits per heavy atom. The SMILES string of the molecule is CCC(=O)C1=C(c2ccc(F)cc2)CC2CCC1N2CCCN(CCS(c1ccccc1)(c1ccccc1)c1ccccc1)CC(=O)NCCSC(c1ccccc1)(c1ccccc1)c1ccccc1. The minimum atomic E-state index is -1.74. The van der Waals surface area contributed by atoms with E-state index < -0.39 is 14.8 Å². The Balaban J connectivity index is 0.967. The first-order valence-electron chi connectivity index (χ1n) is 24.9. The molecule has 1 amide bonds. The number of thioether (sulfide) groups is 1. The molecule has 0 aliphatic carbocycles. The maximum atomic E-state index is 14.4. The fourth-order valence-corrected chi connectivity index (χ4v) is 16.3. The number of fused-ring (bicyclic) bond motifs is 2. The molecule has 2 aliphatic rings. The number of hydrogen-bond donors (Lipinski definition) is 1. The third kappa shape index (κ3) is 10.7. The molecule has 2 heterocycles. The van der Waals surface area contributed by atoms with Gasteiger partial charge in [-0.25, -0.2) is 4.39 Å². The number of carbonyl (C=O) groups is 2. The lowest BCUT2D eigenvalue weighted by atomic mass is 9.84. The van der Waals surface area contributed by atoms with Crippen LogP contribution in [-0.4, -0.2) is 77.8 Å². The largest absolute Gasteiger partial charge is 0.354 e. The van der Waals surface area contributed by atoms with Crippen LogP contribution in [-0.2, 0) is 14.3 Å². The van der Waals surface area contributed by atoms with Gasteiger partial charge in [-0.05, 0) is 123 Å². The van der Waals surface area contributed by atoms with Crippen LogP contribution < -0.4 is 5.32 Å². The molecule has 0 saturated carbocycles. The predicted octanol–water partition coefficient (Wildman–Crippen LogP) is 13.3. The number of nitrogens with zero attached hydrogens (tertiary/aromatic N) is 2. The fraction of sp³-hybridized carbons (Fsp3) is 0.258. The number of amides is 1. The highest BCUT2D eigenvalue weighted by Crippen LogP contribution is 2.68. The van der Waals surface area contributed by atoms with E-state index in [0.29, 0.717) is 24.8 Å². The Bertz CT molecular complexity index is 2600. The Morgan fingerprint density at radius 2 is 1.14 bits per heavy atom. The average Bonchev–Trinajstić information content (AvgIpc) is 3.69. The van der Waals surface area contributed by atoms with E-state index in [9.17, 15) is 14.0 Å². The highest BCUT2D eigenvalue weighted by atomic mass is 32.3. The lowest BCUT2D eigenvalue weighted by molar-refractivity contribution is -0.122. The van der Waals surface area contributed by atoms with Gasteiger partial charge in [0.15, 0.2) is 5.78 Å². The quantitative estimate of drug-likeness (QED) is 0.0542. The summed E-state index contributed by atoms with van der Waals surface area (Å²) in [6, 6.07) is 72.0. The van der Waals surface area contributed by atoms with Crippen molar-refractivity contribution in [3.8, 4) is 0 Å². The van der Waals surface area contributed by atoms with Crippen LogP contribution in [0.15, 0.2) is 227 Å². The third-order valence-electron chi connectivity index (χ3n) is 14.2. The second kappa shape index (κ2) is 23.3. The standard InChI is InChI=1S/C62H64FN3O2S2/c1-2-59(67)61-57(48-34-36-52(63)37-35-48)46-53-38-39-58(61)66(53)42-21-41-65(43-45-70(54-28-15-6-16-29-54,55-30-17-7-18-31-55)56-32-19-8-20-33-56)47-60(68)64-40-44-69-62(49-22-9-3-10-23-49,50-24-11-4-12-25-50)51-26-13-5-14-27-51/h3-20,22-37,53,58H,2,21,38-47H2,1H3,(H,64,68). The summed E-state index contributed by atoms with van der Waals surface area (Å²) in [5, 5.41) is 3.37. The van der Waals surface area contributed by atoms with Gasteiger partial charge in [0.1, 0.15) is 5.82 Å². The van der Waals surface area contributed by atoms with Gasteiger partial charge in [-0.15, -0.1) is 11.8 Å². The lowest BCUT2D eigenvalue weighted by Gasteiger charge is -2.43. The van der Waals surface area contributed by atoms with Crippen LogP contribution in [0.3, 0.4) is 0 Å². The highest BCUT2D eigenvalue weighted by Gasteiger charge is 2.43.